The van der Waals surface area contributed by atoms with E-state index in [2.05, 4.69) is 5.32 Å². The van der Waals surface area contributed by atoms with Crippen molar-refractivity contribution in [3.8, 4) is 0 Å². The number of nitrogens with two attached hydrogens (primary N) is 1. The van der Waals surface area contributed by atoms with Gasteiger partial charge in [-0.05, 0) is 19.3 Å². The number of carbonyl (C=O) groups is 3. The molecular weight excluding hydrogens is 292 g/mol. The van der Waals surface area contributed by atoms with Gasteiger partial charge in [-0.15, -0.1) is 0 Å². The molecule has 1 fully saturated rings. The van der Waals surface area contributed by atoms with E-state index < -0.39 is 18.0 Å². The third-order valence-corrected chi connectivity index (χ3v) is 3.55. The zero-order chi connectivity index (χ0) is 16.5. The molecule has 1 aliphatic heterocycles. The van der Waals surface area contributed by atoms with Crippen molar-refractivity contribution in [2.45, 2.75) is 25.3 Å². The van der Waals surface area contributed by atoms with Crippen molar-refractivity contribution >= 4 is 18.0 Å². The zero-order valence-corrected chi connectivity index (χ0v) is 12.5. The fourth-order valence-electron chi connectivity index (χ4n) is 2.22. The molecule has 1 heterocycles. The lowest BCUT2D eigenvalue weighted by molar-refractivity contribution is -0.139. The Bertz CT molecular complexity index is 396. The molecule has 1 rings (SSSR count). The predicted octanol–water partition coefficient (Wildman–Crippen LogP) is -1.02. The molecule has 22 heavy (non-hydrogen) atoms. The number of carboxylic acids is 2. The average Bonchev–Trinajstić information content (AvgIpc) is 2.46. The fourth-order valence-corrected chi connectivity index (χ4v) is 2.22. The molecule has 0 spiro atoms. The molecule has 9 nitrogen and oxygen atoms in total. The van der Waals surface area contributed by atoms with Crippen LogP contribution in [0.25, 0.3) is 0 Å². The first kappa shape index (κ1) is 18.2. The highest BCUT2D eigenvalue weighted by atomic mass is 16.4. The van der Waals surface area contributed by atoms with Crippen LogP contribution < -0.4 is 11.1 Å². The smallest absolute Gasteiger partial charge is 0.320 e. The zero-order valence-electron chi connectivity index (χ0n) is 12.5. The van der Waals surface area contributed by atoms with E-state index in [1.165, 1.54) is 0 Å². The third kappa shape index (κ3) is 6.72. The van der Waals surface area contributed by atoms with Crippen molar-refractivity contribution in [3.63, 3.8) is 0 Å². The lowest BCUT2D eigenvalue weighted by Crippen LogP contribution is -2.52. The van der Waals surface area contributed by atoms with E-state index in [4.69, 9.17) is 15.9 Å². The minimum absolute atomic E-state index is 0.000703. The number of unbranched alkanes of at least 4 members (excludes halogenated alkanes) is 1. The van der Waals surface area contributed by atoms with Crippen molar-refractivity contribution in [2.75, 3.05) is 39.3 Å². The second-order valence-electron chi connectivity index (χ2n) is 5.33. The normalized spacial score (nSPS) is 17.0. The summed E-state index contributed by atoms with van der Waals surface area (Å²) in [5.74, 6) is -1.87. The lowest BCUT2D eigenvalue weighted by Gasteiger charge is -2.33. The Balaban J connectivity index is 2.11. The molecule has 5 N–H and O–H groups in total. The second kappa shape index (κ2) is 9.21. The van der Waals surface area contributed by atoms with Crippen LogP contribution in [0.5, 0.6) is 0 Å². The standard InChI is InChI=1S/C13H24N4O5/c14-10(12(20)21)3-1-2-4-15-13(22)17-7-5-16(6-8-17)9-11(18)19/h10H,1-9,14H2,(H,15,22)(H,18,19)(H,20,21). The summed E-state index contributed by atoms with van der Waals surface area (Å²) in [7, 11) is 0. The maximum Gasteiger partial charge on any atom is 0.320 e. The minimum Gasteiger partial charge on any atom is -0.480 e. The molecule has 0 bridgehead atoms. The number of hydrogen-bond donors (Lipinski definition) is 4. The van der Waals surface area contributed by atoms with Crippen molar-refractivity contribution < 1.29 is 24.6 Å². The highest BCUT2D eigenvalue weighted by Crippen LogP contribution is 2.02. The van der Waals surface area contributed by atoms with E-state index in [0.717, 1.165) is 0 Å². The number of nitrogens with zero attached hydrogens (tertiary/aromatic N) is 2. The van der Waals surface area contributed by atoms with Crippen LogP contribution in [0.15, 0.2) is 0 Å². The van der Waals surface area contributed by atoms with E-state index in [0.29, 0.717) is 52.0 Å². The van der Waals surface area contributed by atoms with Crippen LogP contribution in [-0.4, -0.2) is 83.3 Å². The van der Waals surface area contributed by atoms with Crippen LogP contribution in [-0.2, 0) is 9.59 Å². The van der Waals surface area contributed by atoms with Gasteiger partial charge in [0.1, 0.15) is 6.04 Å². The first-order chi connectivity index (χ1) is 10.4. The molecule has 1 atom stereocenters. The van der Waals surface area contributed by atoms with E-state index in [9.17, 15) is 14.4 Å². The summed E-state index contributed by atoms with van der Waals surface area (Å²) >= 11 is 0. The van der Waals surface area contributed by atoms with Gasteiger partial charge < -0.3 is 26.2 Å². The van der Waals surface area contributed by atoms with Crippen LogP contribution in [0.1, 0.15) is 19.3 Å². The van der Waals surface area contributed by atoms with Gasteiger partial charge in [0.15, 0.2) is 0 Å². The van der Waals surface area contributed by atoms with Gasteiger partial charge >= 0.3 is 18.0 Å². The molecule has 1 saturated heterocycles. The molecule has 0 aromatic carbocycles. The Morgan fingerprint density at radius 2 is 1.73 bits per heavy atom. The van der Waals surface area contributed by atoms with Crippen LogP contribution >= 0.6 is 0 Å². The summed E-state index contributed by atoms with van der Waals surface area (Å²) in [6, 6.07) is -1.02. The Labute approximate surface area is 129 Å². The number of amides is 2. The average molecular weight is 316 g/mol. The Kier molecular flexibility index (Phi) is 7.61. The van der Waals surface area contributed by atoms with Gasteiger partial charge in [-0.3, -0.25) is 14.5 Å². The summed E-state index contributed by atoms with van der Waals surface area (Å²) in [6.07, 6.45) is 1.70. The van der Waals surface area contributed by atoms with Gasteiger partial charge in [-0.1, -0.05) is 0 Å². The summed E-state index contributed by atoms with van der Waals surface area (Å²) in [5, 5.41) is 20.1. The summed E-state index contributed by atoms with van der Waals surface area (Å²) in [5.41, 5.74) is 5.38. The monoisotopic (exact) mass is 316 g/mol. The Hall–Kier alpha value is -1.87. The van der Waals surface area contributed by atoms with Crippen molar-refractivity contribution in [2.24, 2.45) is 5.73 Å². The van der Waals surface area contributed by atoms with Crippen molar-refractivity contribution in [3.05, 3.63) is 0 Å². The van der Waals surface area contributed by atoms with Gasteiger partial charge in [-0.2, -0.15) is 0 Å². The van der Waals surface area contributed by atoms with E-state index >= 15 is 0 Å². The Morgan fingerprint density at radius 1 is 1.09 bits per heavy atom. The molecule has 126 valence electrons. The number of piperazine rings is 1. The maximum atomic E-state index is 11.9. The lowest BCUT2D eigenvalue weighted by atomic mass is 10.1. The molecule has 2 amide bonds. The number of urea groups is 1. The van der Waals surface area contributed by atoms with Crippen LogP contribution in [0.4, 0.5) is 4.79 Å². The van der Waals surface area contributed by atoms with E-state index in [1.807, 2.05) is 0 Å². The van der Waals surface area contributed by atoms with Crippen molar-refractivity contribution in [1.29, 1.82) is 0 Å². The molecule has 9 heteroatoms. The minimum atomic E-state index is -1.01. The molecule has 0 radical (unpaired) electrons. The SMILES string of the molecule is NC(CCCCNC(=O)N1CCN(CC(=O)O)CC1)C(=O)O. The summed E-state index contributed by atoms with van der Waals surface area (Å²) in [6.45, 7) is 2.58. The molecule has 0 aromatic rings. The third-order valence-electron chi connectivity index (χ3n) is 3.55. The van der Waals surface area contributed by atoms with Crippen LogP contribution in [0, 0.1) is 0 Å². The highest BCUT2D eigenvalue weighted by molar-refractivity contribution is 5.74. The largest absolute Gasteiger partial charge is 0.480 e. The van der Waals surface area contributed by atoms with E-state index in [-0.39, 0.29) is 12.6 Å². The van der Waals surface area contributed by atoms with Gasteiger partial charge in [-0.25, -0.2) is 4.79 Å². The number of nitrogens with one attached hydrogen (secondary N) is 1. The van der Waals surface area contributed by atoms with Crippen molar-refractivity contribution in [1.82, 2.24) is 15.1 Å². The topological polar surface area (TPSA) is 136 Å². The second-order valence-corrected chi connectivity index (χ2v) is 5.33. The van der Waals surface area contributed by atoms with E-state index in [1.54, 1.807) is 9.80 Å². The van der Waals surface area contributed by atoms with Crippen LogP contribution in [0.3, 0.4) is 0 Å². The first-order valence-corrected chi connectivity index (χ1v) is 7.35. The van der Waals surface area contributed by atoms with Gasteiger partial charge in [0, 0.05) is 32.7 Å². The molecule has 0 aliphatic carbocycles. The molecule has 1 aliphatic rings. The number of carbonyl (C=O) groups excluding carboxylic acids is 1. The molecule has 1 unspecified atom stereocenters. The first-order valence-electron chi connectivity index (χ1n) is 7.35. The molecular formula is C13H24N4O5. The quantitative estimate of drug-likeness (QED) is 0.421. The number of hydrogen-bond acceptors (Lipinski definition) is 5. The number of carboxylic acid groups (broad SMARTS) is 2. The maximum absolute atomic E-state index is 11.9. The number of aliphatic carboxylic acids is 2. The van der Waals surface area contributed by atoms with Gasteiger partial charge in [0.25, 0.3) is 0 Å². The summed E-state index contributed by atoms with van der Waals surface area (Å²) in [4.78, 5) is 36.5. The fraction of sp³-hybridized carbons (Fsp3) is 0.769. The molecule has 0 saturated carbocycles. The van der Waals surface area contributed by atoms with Gasteiger partial charge in [0.05, 0.1) is 6.54 Å². The number of rotatable bonds is 8. The highest BCUT2D eigenvalue weighted by Gasteiger charge is 2.21. The predicted molar refractivity (Wildman–Crippen MR) is 78.5 cm³/mol. The molecule has 0 aromatic heterocycles. The van der Waals surface area contributed by atoms with Gasteiger partial charge in [0.2, 0.25) is 0 Å². The Morgan fingerprint density at radius 3 is 2.27 bits per heavy atom. The van der Waals surface area contributed by atoms with Crippen LogP contribution in [0.2, 0.25) is 0 Å². The summed E-state index contributed by atoms with van der Waals surface area (Å²) < 4.78 is 0.